The molecule has 3 N–H and O–H groups in total. The monoisotopic (exact) mass is 373 g/mol. The van der Waals surface area contributed by atoms with E-state index in [1.165, 1.54) is 20.9 Å². The first-order valence-corrected chi connectivity index (χ1v) is 10.5. The van der Waals surface area contributed by atoms with Crippen LogP contribution in [-0.2, 0) is 17.8 Å². The van der Waals surface area contributed by atoms with Gasteiger partial charge in [0.1, 0.15) is 32.7 Å². The molecular formula is C21H31N3OS+2. The zero-order valence-electron chi connectivity index (χ0n) is 15.9. The van der Waals surface area contributed by atoms with Crippen molar-refractivity contribution in [3.8, 4) is 0 Å². The van der Waals surface area contributed by atoms with E-state index in [0.29, 0.717) is 0 Å². The first kappa shape index (κ1) is 19.1. The first-order chi connectivity index (χ1) is 12.6. The Morgan fingerprint density at radius 1 is 1.19 bits per heavy atom. The molecular weight excluding hydrogens is 342 g/mol. The van der Waals surface area contributed by atoms with Crippen molar-refractivity contribution >= 4 is 17.2 Å². The number of benzene rings is 1. The number of hydrogen-bond acceptors (Lipinski definition) is 2. The SMILES string of the molecule is Cc1cccc(C[NH+]2CC[NH+]([C@H](C)C(=O)NCCc3cccs3)CC2)c1. The Kier molecular flexibility index (Phi) is 6.83. The average molecular weight is 374 g/mol. The maximum absolute atomic E-state index is 12.4. The molecule has 1 atom stereocenters. The third-order valence-electron chi connectivity index (χ3n) is 5.39. The van der Waals surface area contributed by atoms with Gasteiger partial charge in [0.15, 0.2) is 6.04 Å². The van der Waals surface area contributed by atoms with Crippen LogP contribution in [0.5, 0.6) is 0 Å². The molecule has 1 aliphatic rings. The van der Waals surface area contributed by atoms with E-state index in [1.54, 1.807) is 16.2 Å². The molecule has 5 heteroatoms. The van der Waals surface area contributed by atoms with Crippen LogP contribution in [-0.4, -0.2) is 44.7 Å². The summed E-state index contributed by atoms with van der Waals surface area (Å²) >= 11 is 1.75. The van der Waals surface area contributed by atoms with Gasteiger partial charge in [-0.15, -0.1) is 11.3 Å². The third-order valence-corrected chi connectivity index (χ3v) is 6.33. The van der Waals surface area contributed by atoms with E-state index in [1.807, 2.05) is 0 Å². The molecule has 0 bridgehead atoms. The zero-order chi connectivity index (χ0) is 18.4. The van der Waals surface area contributed by atoms with Crippen LogP contribution in [0.1, 0.15) is 22.9 Å². The van der Waals surface area contributed by atoms with E-state index in [0.717, 1.165) is 45.7 Å². The quantitative estimate of drug-likeness (QED) is 0.632. The number of nitrogens with one attached hydrogen (secondary N) is 3. The van der Waals surface area contributed by atoms with Crippen LogP contribution in [0.2, 0.25) is 0 Å². The van der Waals surface area contributed by atoms with Gasteiger partial charge in [0.05, 0.1) is 0 Å². The molecule has 3 rings (SSSR count). The summed E-state index contributed by atoms with van der Waals surface area (Å²) in [5.41, 5.74) is 2.75. The predicted molar refractivity (Wildman–Crippen MR) is 107 cm³/mol. The fourth-order valence-electron chi connectivity index (χ4n) is 3.75. The average Bonchev–Trinajstić information content (AvgIpc) is 3.15. The number of piperazine rings is 1. The van der Waals surface area contributed by atoms with Gasteiger partial charge >= 0.3 is 0 Å². The summed E-state index contributed by atoms with van der Waals surface area (Å²) in [6.07, 6.45) is 0.930. The second-order valence-corrected chi connectivity index (χ2v) is 8.45. The van der Waals surface area contributed by atoms with Crippen LogP contribution < -0.4 is 15.1 Å². The number of amides is 1. The zero-order valence-corrected chi connectivity index (χ0v) is 16.7. The second kappa shape index (κ2) is 9.31. The summed E-state index contributed by atoms with van der Waals surface area (Å²) in [6, 6.07) is 13.0. The number of quaternary nitrogens is 2. The molecule has 140 valence electrons. The molecule has 0 saturated carbocycles. The Bertz CT molecular complexity index is 693. The van der Waals surface area contributed by atoms with Crippen LogP contribution in [0.15, 0.2) is 41.8 Å². The van der Waals surface area contributed by atoms with Crippen molar-refractivity contribution in [1.29, 1.82) is 0 Å². The summed E-state index contributed by atoms with van der Waals surface area (Å²) in [7, 11) is 0. The van der Waals surface area contributed by atoms with Crippen LogP contribution >= 0.6 is 11.3 Å². The minimum Gasteiger partial charge on any atom is -0.351 e. The maximum atomic E-state index is 12.4. The summed E-state index contributed by atoms with van der Waals surface area (Å²) < 4.78 is 0. The minimum absolute atomic E-state index is 0.0406. The Labute approximate surface area is 160 Å². The second-order valence-electron chi connectivity index (χ2n) is 7.42. The van der Waals surface area contributed by atoms with Gasteiger partial charge in [-0.2, -0.15) is 0 Å². The molecule has 1 aromatic carbocycles. The molecule has 1 saturated heterocycles. The lowest BCUT2D eigenvalue weighted by Crippen LogP contribution is -3.29. The molecule has 4 nitrogen and oxygen atoms in total. The fraction of sp³-hybridized carbons (Fsp3) is 0.476. The van der Waals surface area contributed by atoms with Gasteiger partial charge < -0.3 is 15.1 Å². The summed E-state index contributed by atoms with van der Waals surface area (Å²) in [4.78, 5) is 16.8. The van der Waals surface area contributed by atoms with E-state index in [2.05, 4.69) is 60.9 Å². The molecule has 2 heterocycles. The Hall–Kier alpha value is -1.69. The predicted octanol–water partition coefficient (Wildman–Crippen LogP) is 0.0873. The molecule has 0 radical (unpaired) electrons. The molecule has 0 unspecified atom stereocenters. The van der Waals surface area contributed by atoms with Gasteiger partial charge in [-0.3, -0.25) is 4.79 Å². The van der Waals surface area contributed by atoms with E-state index in [-0.39, 0.29) is 11.9 Å². The van der Waals surface area contributed by atoms with Crippen molar-refractivity contribution in [2.75, 3.05) is 32.7 Å². The van der Waals surface area contributed by atoms with E-state index in [9.17, 15) is 4.79 Å². The first-order valence-electron chi connectivity index (χ1n) is 9.65. The summed E-state index contributed by atoms with van der Waals surface area (Å²) in [6.45, 7) is 10.5. The number of rotatable bonds is 7. The van der Waals surface area contributed by atoms with Gasteiger partial charge in [0.25, 0.3) is 5.91 Å². The lowest BCUT2D eigenvalue weighted by molar-refractivity contribution is -1.02. The fourth-order valence-corrected chi connectivity index (χ4v) is 4.46. The van der Waals surface area contributed by atoms with Crippen LogP contribution in [0.4, 0.5) is 0 Å². The highest BCUT2D eigenvalue weighted by Gasteiger charge is 2.30. The highest BCUT2D eigenvalue weighted by atomic mass is 32.1. The lowest BCUT2D eigenvalue weighted by atomic mass is 10.1. The Balaban J connectivity index is 1.39. The van der Waals surface area contributed by atoms with Crippen molar-refractivity contribution in [3.05, 3.63) is 57.8 Å². The minimum atomic E-state index is 0.0406. The van der Waals surface area contributed by atoms with Gasteiger partial charge in [-0.05, 0) is 31.7 Å². The van der Waals surface area contributed by atoms with Gasteiger partial charge in [0, 0.05) is 17.0 Å². The van der Waals surface area contributed by atoms with Crippen molar-refractivity contribution < 1.29 is 14.6 Å². The molecule has 0 spiro atoms. The maximum Gasteiger partial charge on any atom is 0.278 e. The molecule has 1 aromatic heterocycles. The number of carbonyl (C=O) groups is 1. The van der Waals surface area contributed by atoms with E-state index >= 15 is 0 Å². The smallest absolute Gasteiger partial charge is 0.278 e. The Morgan fingerprint density at radius 3 is 2.69 bits per heavy atom. The molecule has 26 heavy (non-hydrogen) atoms. The van der Waals surface area contributed by atoms with Crippen molar-refractivity contribution in [2.24, 2.45) is 0 Å². The number of aryl methyl sites for hydroxylation is 1. The highest BCUT2D eigenvalue weighted by Crippen LogP contribution is 2.08. The normalized spacial score (nSPS) is 21.3. The van der Waals surface area contributed by atoms with E-state index < -0.39 is 0 Å². The van der Waals surface area contributed by atoms with Crippen LogP contribution in [0, 0.1) is 6.92 Å². The standard InChI is InChI=1S/C21H29N3OS/c1-17-5-3-6-19(15-17)16-23-10-12-24(13-11-23)18(2)21(25)22-9-8-20-7-4-14-26-20/h3-7,14-15,18H,8-13,16H2,1-2H3,(H,22,25)/p+2/t18-/m1/s1. The van der Waals surface area contributed by atoms with Gasteiger partial charge in [0.2, 0.25) is 0 Å². The van der Waals surface area contributed by atoms with Crippen molar-refractivity contribution in [3.63, 3.8) is 0 Å². The van der Waals surface area contributed by atoms with Gasteiger partial charge in [-0.1, -0.05) is 35.9 Å². The van der Waals surface area contributed by atoms with E-state index in [4.69, 9.17) is 0 Å². The molecule has 1 fully saturated rings. The number of thiophene rings is 1. The molecule has 1 amide bonds. The topological polar surface area (TPSA) is 38.0 Å². The lowest BCUT2D eigenvalue weighted by Gasteiger charge is -2.32. The molecule has 0 aliphatic carbocycles. The number of hydrogen-bond donors (Lipinski definition) is 3. The van der Waals surface area contributed by atoms with Gasteiger partial charge in [-0.25, -0.2) is 0 Å². The number of carbonyl (C=O) groups excluding carboxylic acids is 1. The largest absolute Gasteiger partial charge is 0.351 e. The van der Waals surface area contributed by atoms with Crippen molar-refractivity contribution in [1.82, 2.24) is 5.32 Å². The van der Waals surface area contributed by atoms with Crippen LogP contribution in [0.3, 0.4) is 0 Å². The molecule has 1 aliphatic heterocycles. The molecule has 2 aromatic rings. The third kappa shape index (κ3) is 5.40. The summed E-state index contributed by atoms with van der Waals surface area (Å²) in [5, 5.41) is 5.20. The highest BCUT2D eigenvalue weighted by molar-refractivity contribution is 7.09. The summed E-state index contributed by atoms with van der Waals surface area (Å²) in [5.74, 6) is 0.193. The van der Waals surface area contributed by atoms with Crippen LogP contribution in [0.25, 0.3) is 0 Å². The Morgan fingerprint density at radius 2 is 2.00 bits per heavy atom. The van der Waals surface area contributed by atoms with Crippen molar-refractivity contribution in [2.45, 2.75) is 32.9 Å².